The third-order valence-electron chi connectivity index (χ3n) is 2.55. The highest BCUT2D eigenvalue weighted by molar-refractivity contribution is 5.83. The van der Waals surface area contributed by atoms with Crippen molar-refractivity contribution in [3.05, 3.63) is 35.5 Å². The Bertz CT molecular complexity index is 429. The average molecular weight is 188 g/mol. The number of hydrogen-bond acceptors (Lipinski definition) is 1. The summed E-state index contributed by atoms with van der Waals surface area (Å²) in [5.74, 6) is 0. The maximum absolute atomic E-state index is 3.45. The summed E-state index contributed by atoms with van der Waals surface area (Å²) in [5.41, 5.74) is 3.94. The zero-order valence-electron chi connectivity index (χ0n) is 8.72. The summed E-state index contributed by atoms with van der Waals surface area (Å²) in [4.78, 5) is 3.45. The quantitative estimate of drug-likeness (QED) is 0.760. The number of aryl methyl sites for hydroxylation is 1. The lowest BCUT2D eigenvalue weighted by Crippen LogP contribution is -2.04. The fourth-order valence-electron chi connectivity index (χ4n) is 1.86. The minimum absolute atomic E-state index is 0.901. The van der Waals surface area contributed by atoms with Crippen LogP contribution in [0.2, 0.25) is 0 Å². The minimum Gasteiger partial charge on any atom is -0.357 e. The molecule has 1 heterocycles. The number of aromatic nitrogens is 1. The molecule has 2 aromatic rings. The minimum atomic E-state index is 0.901. The van der Waals surface area contributed by atoms with Crippen molar-refractivity contribution in [3.63, 3.8) is 0 Å². The van der Waals surface area contributed by atoms with E-state index in [1.807, 2.05) is 7.05 Å². The molecular weight excluding hydrogens is 172 g/mol. The van der Waals surface area contributed by atoms with Crippen LogP contribution in [-0.4, -0.2) is 12.0 Å². The zero-order chi connectivity index (χ0) is 9.97. The van der Waals surface area contributed by atoms with Crippen LogP contribution in [0.4, 0.5) is 0 Å². The molecule has 0 unspecified atom stereocenters. The standard InChI is InChI=1S/C12H16N2/c1-3-9-5-4-6-10-7-11(8-13-2)14-12(9)10/h4-7,13-14H,3,8H2,1-2H3. The van der Waals surface area contributed by atoms with Gasteiger partial charge in [-0.2, -0.15) is 0 Å². The predicted molar refractivity (Wildman–Crippen MR) is 60.4 cm³/mol. The third-order valence-corrected chi connectivity index (χ3v) is 2.55. The van der Waals surface area contributed by atoms with Crippen LogP contribution in [0, 0.1) is 0 Å². The van der Waals surface area contributed by atoms with Crippen LogP contribution in [-0.2, 0) is 13.0 Å². The molecule has 0 saturated heterocycles. The topological polar surface area (TPSA) is 27.8 Å². The lowest BCUT2D eigenvalue weighted by molar-refractivity contribution is 0.799. The van der Waals surface area contributed by atoms with Crippen LogP contribution >= 0.6 is 0 Å². The van der Waals surface area contributed by atoms with Crippen LogP contribution < -0.4 is 5.32 Å². The number of hydrogen-bond donors (Lipinski definition) is 2. The van der Waals surface area contributed by atoms with Gasteiger partial charge in [-0.15, -0.1) is 0 Å². The molecule has 0 atom stereocenters. The zero-order valence-corrected chi connectivity index (χ0v) is 8.72. The molecule has 2 heteroatoms. The van der Waals surface area contributed by atoms with Gasteiger partial charge in [-0.25, -0.2) is 0 Å². The highest BCUT2D eigenvalue weighted by Crippen LogP contribution is 2.19. The Morgan fingerprint density at radius 3 is 2.93 bits per heavy atom. The van der Waals surface area contributed by atoms with Gasteiger partial charge in [0.25, 0.3) is 0 Å². The molecule has 0 amide bonds. The monoisotopic (exact) mass is 188 g/mol. The molecule has 2 nitrogen and oxygen atoms in total. The summed E-state index contributed by atoms with van der Waals surface area (Å²) in [6.45, 7) is 3.09. The first-order chi connectivity index (χ1) is 6.85. The first-order valence-electron chi connectivity index (χ1n) is 5.09. The van der Waals surface area contributed by atoms with Gasteiger partial charge in [0.1, 0.15) is 0 Å². The Labute approximate surface area is 84.3 Å². The van der Waals surface area contributed by atoms with Gasteiger partial charge in [-0.05, 0) is 30.5 Å². The van der Waals surface area contributed by atoms with Crippen molar-refractivity contribution in [2.24, 2.45) is 0 Å². The Kier molecular flexibility index (Phi) is 2.55. The highest BCUT2D eigenvalue weighted by Gasteiger charge is 2.02. The van der Waals surface area contributed by atoms with Crippen molar-refractivity contribution in [3.8, 4) is 0 Å². The Morgan fingerprint density at radius 2 is 2.21 bits per heavy atom. The SMILES string of the molecule is CCc1cccc2cc(CNC)[nH]c12. The molecule has 0 spiro atoms. The van der Waals surface area contributed by atoms with Crippen molar-refractivity contribution in [1.29, 1.82) is 0 Å². The van der Waals surface area contributed by atoms with Crippen LogP contribution in [0.1, 0.15) is 18.2 Å². The summed E-state index contributed by atoms with van der Waals surface area (Å²) in [6.07, 6.45) is 1.08. The third kappa shape index (κ3) is 1.53. The molecule has 0 bridgehead atoms. The largest absolute Gasteiger partial charge is 0.357 e. The summed E-state index contributed by atoms with van der Waals surface area (Å²) >= 11 is 0. The van der Waals surface area contributed by atoms with E-state index in [9.17, 15) is 0 Å². The van der Waals surface area contributed by atoms with Gasteiger partial charge in [-0.1, -0.05) is 25.1 Å². The average Bonchev–Trinajstić information content (AvgIpc) is 2.60. The van der Waals surface area contributed by atoms with Gasteiger partial charge in [0.05, 0.1) is 0 Å². The molecule has 0 aliphatic carbocycles. The number of H-pyrrole nitrogens is 1. The van der Waals surface area contributed by atoms with E-state index in [2.05, 4.69) is 41.5 Å². The molecule has 0 fully saturated rings. The summed E-state index contributed by atoms with van der Waals surface area (Å²) in [7, 11) is 1.96. The fraction of sp³-hybridized carbons (Fsp3) is 0.333. The van der Waals surface area contributed by atoms with Gasteiger partial charge in [0.2, 0.25) is 0 Å². The van der Waals surface area contributed by atoms with Crippen LogP contribution in [0.15, 0.2) is 24.3 Å². The van der Waals surface area contributed by atoms with E-state index in [1.54, 1.807) is 0 Å². The van der Waals surface area contributed by atoms with Crippen molar-refractivity contribution in [2.75, 3.05) is 7.05 Å². The van der Waals surface area contributed by atoms with E-state index in [1.165, 1.54) is 22.2 Å². The molecule has 14 heavy (non-hydrogen) atoms. The lowest BCUT2D eigenvalue weighted by Gasteiger charge is -1.98. The number of fused-ring (bicyclic) bond motifs is 1. The number of aromatic amines is 1. The highest BCUT2D eigenvalue weighted by atomic mass is 14.9. The lowest BCUT2D eigenvalue weighted by atomic mass is 10.1. The van der Waals surface area contributed by atoms with Gasteiger partial charge >= 0.3 is 0 Å². The van der Waals surface area contributed by atoms with Gasteiger partial charge in [-0.3, -0.25) is 0 Å². The van der Waals surface area contributed by atoms with Crippen LogP contribution in [0.3, 0.4) is 0 Å². The molecule has 0 aliphatic rings. The first-order valence-corrected chi connectivity index (χ1v) is 5.09. The van der Waals surface area contributed by atoms with E-state index < -0.39 is 0 Å². The van der Waals surface area contributed by atoms with E-state index in [0.717, 1.165) is 13.0 Å². The molecule has 74 valence electrons. The molecule has 1 aromatic heterocycles. The molecule has 0 radical (unpaired) electrons. The second-order valence-corrected chi connectivity index (χ2v) is 3.56. The van der Waals surface area contributed by atoms with Crippen molar-refractivity contribution < 1.29 is 0 Å². The second kappa shape index (κ2) is 3.84. The van der Waals surface area contributed by atoms with Crippen molar-refractivity contribution in [2.45, 2.75) is 19.9 Å². The summed E-state index contributed by atoms with van der Waals surface area (Å²) in [5, 5.41) is 4.47. The molecule has 2 N–H and O–H groups in total. The number of nitrogens with one attached hydrogen (secondary N) is 2. The van der Waals surface area contributed by atoms with E-state index in [-0.39, 0.29) is 0 Å². The van der Waals surface area contributed by atoms with E-state index >= 15 is 0 Å². The van der Waals surface area contributed by atoms with E-state index in [0.29, 0.717) is 0 Å². The maximum Gasteiger partial charge on any atom is 0.0488 e. The molecular formula is C12H16N2. The second-order valence-electron chi connectivity index (χ2n) is 3.56. The Balaban J connectivity index is 2.52. The van der Waals surface area contributed by atoms with Gasteiger partial charge < -0.3 is 10.3 Å². The van der Waals surface area contributed by atoms with Crippen LogP contribution in [0.5, 0.6) is 0 Å². The van der Waals surface area contributed by atoms with Crippen molar-refractivity contribution in [1.82, 2.24) is 10.3 Å². The smallest absolute Gasteiger partial charge is 0.0488 e. The number of rotatable bonds is 3. The van der Waals surface area contributed by atoms with Crippen LogP contribution in [0.25, 0.3) is 10.9 Å². The molecule has 0 saturated carbocycles. The maximum atomic E-state index is 3.45. The van der Waals surface area contributed by atoms with Gasteiger partial charge in [0, 0.05) is 17.8 Å². The fourth-order valence-corrected chi connectivity index (χ4v) is 1.86. The van der Waals surface area contributed by atoms with E-state index in [4.69, 9.17) is 0 Å². The van der Waals surface area contributed by atoms with Crippen molar-refractivity contribution >= 4 is 10.9 Å². The summed E-state index contributed by atoms with van der Waals surface area (Å²) in [6, 6.07) is 8.68. The number of para-hydroxylation sites is 1. The molecule has 2 rings (SSSR count). The first kappa shape index (κ1) is 9.28. The van der Waals surface area contributed by atoms with Gasteiger partial charge in [0.15, 0.2) is 0 Å². The Morgan fingerprint density at radius 1 is 1.36 bits per heavy atom. The summed E-state index contributed by atoms with van der Waals surface area (Å²) < 4.78 is 0. The molecule has 1 aromatic carbocycles. The molecule has 0 aliphatic heterocycles. The normalized spacial score (nSPS) is 11.0. The predicted octanol–water partition coefficient (Wildman–Crippen LogP) is 2.45. The Hall–Kier alpha value is -1.28. The number of benzene rings is 1.